The van der Waals surface area contributed by atoms with E-state index in [4.69, 9.17) is 4.74 Å². The van der Waals surface area contributed by atoms with Crippen molar-refractivity contribution in [3.05, 3.63) is 18.2 Å². The predicted octanol–water partition coefficient (Wildman–Crippen LogP) is 2.68. The van der Waals surface area contributed by atoms with Crippen LogP contribution in [0.2, 0.25) is 0 Å². The second kappa shape index (κ2) is 5.82. The smallest absolute Gasteiger partial charge is 0.319 e. The van der Waals surface area contributed by atoms with Crippen LogP contribution < -0.4 is 20.3 Å². The van der Waals surface area contributed by atoms with Gasteiger partial charge in [-0.25, -0.2) is 4.79 Å². The number of anilines is 2. The van der Waals surface area contributed by atoms with E-state index in [1.165, 1.54) is 0 Å². The van der Waals surface area contributed by atoms with E-state index in [1.54, 1.807) is 7.11 Å². The second-order valence-electron chi connectivity index (χ2n) is 5.58. The fourth-order valence-corrected chi connectivity index (χ4v) is 1.67. The van der Waals surface area contributed by atoms with Crippen LogP contribution in [0.3, 0.4) is 0 Å². The van der Waals surface area contributed by atoms with Gasteiger partial charge < -0.3 is 20.3 Å². The Morgan fingerprint density at radius 1 is 1.26 bits per heavy atom. The molecule has 2 amide bonds. The van der Waals surface area contributed by atoms with Gasteiger partial charge in [-0.3, -0.25) is 0 Å². The summed E-state index contributed by atoms with van der Waals surface area (Å²) in [6, 6.07) is 5.38. The summed E-state index contributed by atoms with van der Waals surface area (Å²) in [7, 11) is 5.42. The minimum Gasteiger partial charge on any atom is -0.494 e. The molecule has 0 aliphatic heterocycles. The molecule has 0 saturated carbocycles. The Bertz CT molecular complexity index is 450. The molecule has 0 aromatic heterocycles. The van der Waals surface area contributed by atoms with Gasteiger partial charge in [0, 0.05) is 19.6 Å². The summed E-state index contributed by atoms with van der Waals surface area (Å²) < 4.78 is 5.30. The van der Waals surface area contributed by atoms with Crippen molar-refractivity contribution in [2.45, 2.75) is 26.3 Å². The molecular weight excluding hydrogens is 242 g/mol. The Kier molecular flexibility index (Phi) is 4.64. The maximum absolute atomic E-state index is 12.0. The summed E-state index contributed by atoms with van der Waals surface area (Å²) in [5.74, 6) is 0.634. The number of para-hydroxylation sites is 1. The number of nitrogens with zero attached hydrogens (tertiary/aromatic N) is 1. The number of hydrogen-bond acceptors (Lipinski definition) is 3. The topological polar surface area (TPSA) is 53.6 Å². The molecule has 0 saturated heterocycles. The molecule has 0 bridgehead atoms. The first-order valence-electron chi connectivity index (χ1n) is 6.18. The SMILES string of the molecule is COc1cccc(N(C)C)c1NC(=O)NC(C)(C)C. The lowest BCUT2D eigenvalue weighted by Gasteiger charge is -2.24. The summed E-state index contributed by atoms with van der Waals surface area (Å²) in [6.07, 6.45) is 0. The van der Waals surface area contributed by atoms with Gasteiger partial charge in [-0.2, -0.15) is 0 Å². The van der Waals surface area contributed by atoms with Crippen molar-refractivity contribution in [1.82, 2.24) is 5.32 Å². The van der Waals surface area contributed by atoms with Crippen molar-refractivity contribution < 1.29 is 9.53 Å². The minimum absolute atomic E-state index is 0.250. The molecule has 0 atom stereocenters. The van der Waals surface area contributed by atoms with E-state index in [2.05, 4.69) is 10.6 Å². The van der Waals surface area contributed by atoms with Crippen LogP contribution >= 0.6 is 0 Å². The fourth-order valence-electron chi connectivity index (χ4n) is 1.67. The summed E-state index contributed by atoms with van der Waals surface area (Å²) in [5.41, 5.74) is 1.27. The zero-order valence-electron chi connectivity index (χ0n) is 12.5. The zero-order valence-corrected chi connectivity index (χ0v) is 12.5. The minimum atomic E-state index is -0.287. The summed E-state index contributed by atoms with van der Waals surface area (Å²) in [5, 5.41) is 5.71. The van der Waals surface area contributed by atoms with Crippen LogP contribution in [0.5, 0.6) is 5.75 Å². The van der Waals surface area contributed by atoms with E-state index in [0.29, 0.717) is 11.4 Å². The molecule has 0 spiro atoms. The van der Waals surface area contributed by atoms with Crippen molar-refractivity contribution in [1.29, 1.82) is 0 Å². The van der Waals surface area contributed by atoms with E-state index < -0.39 is 0 Å². The lowest BCUT2D eigenvalue weighted by atomic mass is 10.1. The Hall–Kier alpha value is -1.91. The molecule has 0 heterocycles. The summed E-state index contributed by atoms with van der Waals surface area (Å²) in [6.45, 7) is 5.80. The monoisotopic (exact) mass is 265 g/mol. The highest BCUT2D eigenvalue weighted by molar-refractivity contribution is 5.95. The third-order valence-corrected chi connectivity index (χ3v) is 2.43. The van der Waals surface area contributed by atoms with Gasteiger partial charge in [-0.15, -0.1) is 0 Å². The number of ether oxygens (including phenoxy) is 1. The lowest BCUT2D eigenvalue weighted by Crippen LogP contribution is -2.43. The molecular formula is C14H23N3O2. The Morgan fingerprint density at radius 3 is 2.37 bits per heavy atom. The zero-order chi connectivity index (χ0) is 14.6. The first kappa shape index (κ1) is 15.1. The van der Waals surface area contributed by atoms with Crippen LogP contribution in [0.1, 0.15) is 20.8 Å². The molecule has 0 unspecified atom stereocenters. The molecule has 0 aliphatic rings. The molecule has 5 heteroatoms. The Labute approximate surface area is 114 Å². The highest BCUT2D eigenvalue weighted by Gasteiger charge is 2.17. The number of carbonyl (C=O) groups excluding carboxylic acids is 1. The van der Waals surface area contributed by atoms with Crippen molar-refractivity contribution in [2.24, 2.45) is 0 Å². The van der Waals surface area contributed by atoms with Gasteiger partial charge in [-0.05, 0) is 32.9 Å². The summed E-state index contributed by atoms with van der Waals surface area (Å²) in [4.78, 5) is 13.9. The molecule has 2 N–H and O–H groups in total. The van der Waals surface area contributed by atoms with Gasteiger partial charge in [0.2, 0.25) is 0 Å². The van der Waals surface area contributed by atoms with Gasteiger partial charge in [0.1, 0.15) is 11.4 Å². The lowest BCUT2D eigenvalue weighted by molar-refractivity contribution is 0.243. The molecule has 5 nitrogen and oxygen atoms in total. The third-order valence-electron chi connectivity index (χ3n) is 2.43. The van der Waals surface area contributed by atoms with Crippen LogP contribution in [0, 0.1) is 0 Å². The van der Waals surface area contributed by atoms with Gasteiger partial charge in [0.05, 0.1) is 12.8 Å². The number of nitrogens with one attached hydrogen (secondary N) is 2. The number of carbonyl (C=O) groups is 1. The van der Waals surface area contributed by atoms with E-state index in [1.807, 2.05) is 58.0 Å². The fraction of sp³-hybridized carbons (Fsp3) is 0.500. The van der Waals surface area contributed by atoms with Crippen LogP contribution in [0.25, 0.3) is 0 Å². The molecule has 0 aliphatic carbocycles. The molecule has 1 aromatic rings. The normalized spacial score (nSPS) is 10.8. The van der Waals surface area contributed by atoms with E-state index >= 15 is 0 Å². The van der Waals surface area contributed by atoms with Crippen LogP contribution in [0.15, 0.2) is 18.2 Å². The maximum Gasteiger partial charge on any atom is 0.319 e. The largest absolute Gasteiger partial charge is 0.494 e. The molecule has 1 aromatic carbocycles. The Morgan fingerprint density at radius 2 is 1.89 bits per heavy atom. The van der Waals surface area contributed by atoms with Gasteiger partial charge >= 0.3 is 6.03 Å². The van der Waals surface area contributed by atoms with Gasteiger partial charge in [0.25, 0.3) is 0 Å². The highest BCUT2D eigenvalue weighted by atomic mass is 16.5. The summed E-state index contributed by atoms with van der Waals surface area (Å²) >= 11 is 0. The standard InChI is InChI=1S/C14H23N3O2/c1-14(2,3)16-13(18)15-12-10(17(4)5)8-7-9-11(12)19-6/h7-9H,1-6H3,(H2,15,16,18). The maximum atomic E-state index is 12.0. The first-order chi connectivity index (χ1) is 8.74. The number of rotatable bonds is 3. The third kappa shape index (κ3) is 4.35. The van der Waals surface area contributed by atoms with Crippen molar-refractivity contribution in [3.8, 4) is 5.75 Å². The molecule has 106 valence electrons. The number of amides is 2. The van der Waals surface area contributed by atoms with Crippen molar-refractivity contribution in [3.63, 3.8) is 0 Å². The molecule has 19 heavy (non-hydrogen) atoms. The van der Waals surface area contributed by atoms with Crippen LogP contribution in [-0.4, -0.2) is 32.8 Å². The van der Waals surface area contributed by atoms with E-state index in [-0.39, 0.29) is 11.6 Å². The molecule has 1 rings (SSSR count). The van der Waals surface area contributed by atoms with Crippen molar-refractivity contribution in [2.75, 3.05) is 31.4 Å². The molecule has 0 radical (unpaired) electrons. The number of hydrogen-bond donors (Lipinski definition) is 2. The number of urea groups is 1. The van der Waals surface area contributed by atoms with Gasteiger partial charge in [0.15, 0.2) is 0 Å². The first-order valence-corrected chi connectivity index (χ1v) is 6.18. The molecule has 0 fully saturated rings. The quantitative estimate of drug-likeness (QED) is 0.883. The predicted molar refractivity (Wildman–Crippen MR) is 79.2 cm³/mol. The van der Waals surface area contributed by atoms with Gasteiger partial charge in [-0.1, -0.05) is 6.07 Å². The van der Waals surface area contributed by atoms with E-state index in [9.17, 15) is 4.79 Å². The Balaban J connectivity index is 3.01. The van der Waals surface area contributed by atoms with Crippen LogP contribution in [-0.2, 0) is 0 Å². The van der Waals surface area contributed by atoms with Crippen molar-refractivity contribution >= 4 is 17.4 Å². The second-order valence-corrected chi connectivity index (χ2v) is 5.58. The average molecular weight is 265 g/mol. The number of benzene rings is 1. The van der Waals surface area contributed by atoms with E-state index in [0.717, 1.165) is 5.69 Å². The average Bonchev–Trinajstić information content (AvgIpc) is 2.26. The highest BCUT2D eigenvalue weighted by Crippen LogP contribution is 2.33. The van der Waals surface area contributed by atoms with Crippen LogP contribution in [0.4, 0.5) is 16.2 Å². The number of methoxy groups -OCH3 is 1.